The second-order valence-corrected chi connectivity index (χ2v) is 3.79. The lowest BCUT2D eigenvalue weighted by molar-refractivity contribution is -0.151. The number of aliphatic hydroxyl groups is 1. The first-order valence-corrected chi connectivity index (χ1v) is 5.09. The van der Waals surface area contributed by atoms with Crippen molar-refractivity contribution in [2.45, 2.75) is 38.3 Å². The molecule has 0 heterocycles. The smallest absolute Gasteiger partial charge is 0.311 e. The van der Waals surface area contributed by atoms with Gasteiger partial charge < -0.3 is 20.7 Å². The molecule has 0 spiro atoms. The van der Waals surface area contributed by atoms with Crippen LogP contribution in [-0.4, -0.2) is 41.4 Å². The van der Waals surface area contributed by atoms with E-state index in [-0.39, 0.29) is 17.9 Å². The first kappa shape index (κ1) is 14.9. The van der Waals surface area contributed by atoms with Crippen LogP contribution in [0.2, 0.25) is 0 Å². The average Bonchev–Trinajstić information content (AvgIpc) is 2.16. The topological polar surface area (TPSA) is 110 Å². The van der Waals surface area contributed by atoms with Crippen LogP contribution in [0.15, 0.2) is 0 Å². The fourth-order valence-corrected chi connectivity index (χ4v) is 1.60. The lowest BCUT2D eigenvalue weighted by Gasteiger charge is -2.29. The average molecular weight is 233 g/mol. The third-order valence-electron chi connectivity index (χ3n) is 2.36. The highest BCUT2D eigenvalue weighted by molar-refractivity contribution is 5.73. The van der Waals surface area contributed by atoms with E-state index >= 15 is 0 Å². The maximum absolute atomic E-state index is 11.1. The normalized spacial score (nSPS) is 28.6. The van der Waals surface area contributed by atoms with Crippen LogP contribution in [0.5, 0.6) is 0 Å². The van der Waals surface area contributed by atoms with Gasteiger partial charge in [0, 0.05) is 13.0 Å². The summed E-state index contributed by atoms with van der Waals surface area (Å²) in [6.07, 6.45) is 1.30. The van der Waals surface area contributed by atoms with Crippen LogP contribution in [0, 0.1) is 5.92 Å². The number of esters is 1. The minimum Gasteiger partial charge on any atom is -0.481 e. The van der Waals surface area contributed by atoms with Gasteiger partial charge in [0.1, 0.15) is 0 Å². The van der Waals surface area contributed by atoms with Crippen molar-refractivity contribution in [3.05, 3.63) is 0 Å². The summed E-state index contributed by atoms with van der Waals surface area (Å²) in [5, 5.41) is 16.9. The molecule has 1 fully saturated rings. The van der Waals surface area contributed by atoms with Crippen molar-refractivity contribution in [1.82, 2.24) is 0 Å². The summed E-state index contributed by atoms with van der Waals surface area (Å²) in [6.45, 7) is 1.08. The van der Waals surface area contributed by atoms with Gasteiger partial charge in [0.2, 0.25) is 0 Å². The maximum Gasteiger partial charge on any atom is 0.311 e. The van der Waals surface area contributed by atoms with Gasteiger partial charge in [-0.15, -0.1) is 0 Å². The van der Waals surface area contributed by atoms with E-state index in [0.29, 0.717) is 12.8 Å². The number of nitrogens with two attached hydrogens (primary N) is 1. The van der Waals surface area contributed by atoms with Crippen molar-refractivity contribution in [1.29, 1.82) is 0 Å². The highest BCUT2D eigenvalue weighted by Crippen LogP contribution is 2.24. The molecule has 0 aromatic heterocycles. The third kappa shape index (κ3) is 5.67. The number of methoxy groups -OCH3 is 1. The lowest BCUT2D eigenvalue weighted by atomic mass is 9.84. The molecule has 0 aromatic carbocycles. The lowest BCUT2D eigenvalue weighted by Crippen LogP contribution is -2.40. The van der Waals surface area contributed by atoms with E-state index in [1.165, 1.54) is 7.11 Å². The molecule has 0 radical (unpaired) electrons. The molecule has 0 aromatic rings. The molecule has 0 aliphatic heterocycles. The Morgan fingerprint density at radius 1 is 1.38 bits per heavy atom. The van der Waals surface area contributed by atoms with Crippen molar-refractivity contribution in [3.8, 4) is 0 Å². The fraction of sp³-hybridized carbons (Fsp3) is 0.800. The van der Waals surface area contributed by atoms with Crippen molar-refractivity contribution in [3.63, 3.8) is 0 Å². The van der Waals surface area contributed by atoms with Crippen LogP contribution in [0.25, 0.3) is 0 Å². The molecule has 1 rings (SSSR count). The molecule has 16 heavy (non-hydrogen) atoms. The number of aliphatic carboxylic acids is 1. The van der Waals surface area contributed by atoms with E-state index in [1.807, 2.05) is 0 Å². The molecule has 0 bridgehead atoms. The molecule has 6 heteroatoms. The summed E-state index contributed by atoms with van der Waals surface area (Å²) >= 11 is 0. The van der Waals surface area contributed by atoms with Gasteiger partial charge in [-0.2, -0.15) is 0 Å². The molecule has 94 valence electrons. The van der Waals surface area contributed by atoms with Crippen LogP contribution in [-0.2, 0) is 14.3 Å². The first-order valence-electron chi connectivity index (χ1n) is 5.09. The Morgan fingerprint density at radius 2 is 1.88 bits per heavy atom. The van der Waals surface area contributed by atoms with Gasteiger partial charge in [0.15, 0.2) is 0 Å². The van der Waals surface area contributed by atoms with E-state index in [2.05, 4.69) is 4.74 Å². The number of aliphatic hydroxyl groups excluding tert-OH is 1. The predicted octanol–water partition coefficient (Wildman–Crippen LogP) is -0.261. The summed E-state index contributed by atoms with van der Waals surface area (Å²) in [4.78, 5) is 20.1. The van der Waals surface area contributed by atoms with Gasteiger partial charge in [-0.25, -0.2) is 0 Å². The summed E-state index contributed by atoms with van der Waals surface area (Å²) in [6, 6.07) is 0.0286. The Kier molecular flexibility index (Phi) is 6.67. The zero-order valence-corrected chi connectivity index (χ0v) is 9.55. The Balaban J connectivity index is 0.000000487. The molecule has 0 saturated heterocycles. The summed E-state index contributed by atoms with van der Waals surface area (Å²) < 4.78 is 4.56. The molecule has 6 nitrogen and oxygen atoms in total. The minimum atomic E-state index is -0.833. The molecule has 1 saturated carbocycles. The zero-order valence-electron chi connectivity index (χ0n) is 9.55. The molecule has 0 amide bonds. The zero-order chi connectivity index (χ0) is 12.7. The Bertz CT molecular complexity index is 239. The maximum atomic E-state index is 11.1. The summed E-state index contributed by atoms with van der Waals surface area (Å²) in [5.74, 6) is -1.52. The van der Waals surface area contributed by atoms with E-state index in [1.54, 1.807) is 0 Å². The molecule has 1 aliphatic rings. The molecule has 1 aliphatic carbocycles. The van der Waals surface area contributed by atoms with E-state index in [9.17, 15) is 9.90 Å². The van der Waals surface area contributed by atoms with E-state index < -0.39 is 12.1 Å². The van der Waals surface area contributed by atoms with E-state index in [4.69, 9.17) is 15.6 Å². The number of ether oxygens (including phenoxy) is 1. The summed E-state index contributed by atoms with van der Waals surface area (Å²) in [5.41, 5.74) is 5.62. The largest absolute Gasteiger partial charge is 0.481 e. The fourth-order valence-electron chi connectivity index (χ4n) is 1.60. The first-order chi connectivity index (χ1) is 7.38. The van der Waals surface area contributed by atoms with E-state index in [0.717, 1.165) is 13.3 Å². The number of carboxylic acids is 1. The number of hydrogen-bond donors (Lipinski definition) is 3. The Labute approximate surface area is 94.4 Å². The SMILES string of the molecule is CC(=O)O.COC(=O)C1CCC(N)CC1O. The number of hydrogen-bond acceptors (Lipinski definition) is 5. The highest BCUT2D eigenvalue weighted by Gasteiger charge is 2.33. The number of carbonyl (C=O) groups excluding carboxylic acids is 1. The van der Waals surface area contributed by atoms with Gasteiger partial charge >= 0.3 is 5.97 Å². The van der Waals surface area contributed by atoms with Crippen molar-refractivity contribution in [2.24, 2.45) is 11.7 Å². The standard InChI is InChI=1S/C8H15NO3.C2H4O2/c1-12-8(11)6-3-2-5(9)4-7(6)10;1-2(3)4/h5-7,10H,2-4,9H2,1H3;1H3,(H,3,4). The number of rotatable bonds is 1. The van der Waals surface area contributed by atoms with Gasteiger partial charge in [-0.1, -0.05) is 0 Å². The molecule has 3 atom stereocenters. The molecule has 3 unspecified atom stereocenters. The summed E-state index contributed by atoms with van der Waals surface area (Å²) in [7, 11) is 1.34. The van der Waals surface area contributed by atoms with Gasteiger partial charge in [-0.3, -0.25) is 9.59 Å². The van der Waals surface area contributed by atoms with Crippen LogP contribution in [0.3, 0.4) is 0 Å². The van der Waals surface area contributed by atoms with Gasteiger partial charge in [0.25, 0.3) is 5.97 Å². The molecular formula is C10H19NO5. The van der Waals surface area contributed by atoms with Crippen LogP contribution >= 0.6 is 0 Å². The Hall–Kier alpha value is -1.14. The molecule has 4 N–H and O–H groups in total. The van der Waals surface area contributed by atoms with Crippen molar-refractivity contribution >= 4 is 11.9 Å². The second kappa shape index (κ2) is 7.19. The Morgan fingerprint density at radius 3 is 2.25 bits per heavy atom. The quantitative estimate of drug-likeness (QED) is 0.538. The number of carboxylic acid groups (broad SMARTS) is 1. The van der Waals surface area contributed by atoms with Crippen LogP contribution in [0.4, 0.5) is 0 Å². The monoisotopic (exact) mass is 233 g/mol. The highest BCUT2D eigenvalue weighted by atomic mass is 16.5. The predicted molar refractivity (Wildman–Crippen MR) is 56.6 cm³/mol. The van der Waals surface area contributed by atoms with Gasteiger partial charge in [0.05, 0.1) is 19.1 Å². The van der Waals surface area contributed by atoms with Crippen LogP contribution < -0.4 is 5.73 Å². The third-order valence-corrected chi connectivity index (χ3v) is 2.36. The minimum absolute atomic E-state index is 0.0286. The number of carbonyl (C=O) groups is 2. The molecular weight excluding hydrogens is 214 g/mol. The van der Waals surface area contributed by atoms with Gasteiger partial charge in [-0.05, 0) is 19.3 Å². The van der Waals surface area contributed by atoms with Crippen molar-refractivity contribution < 1.29 is 24.5 Å². The van der Waals surface area contributed by atoms with Crippen molar-refractivity contribution in [2.75, 3.05) is 7.11 Å². The second-order valence-electron chi connectivity index (χ2n) is 3.79. The van der Waals surface area contributed by atoms with Crippen LogP contribution in [0.1, 0.15) is 26.2 Å².